The number of thiophene rings is 1. The molecular formula is C32H30N6OS. The molecule has 0 bridgehead atoms. The fraction of sp³-hybridized carbons (Fsp3) is 0.156. The summed E-state index contributed by atoms with van der Waals surface area (Å²) in [5.41, 5.74) is 4.70. The summed E-state index contributed by atoms with van der Waals surface area (Å²) in [6.45, 7) is 1.36. The van der Waals surface area contributed by atoms with Crippen molar-refractivity contribution in [2.24, 2.45) is 0 Å². The zero-order chi connectivity index (χ0) is 27.7. The summed E-state index contributed by atoms with van der Waals surface area (Å²) < 4.78 is 0. The number of urea groups is 1. The Hall–Kier alpha value is -4.71. The van der Waals surface area contributed by atoms with E-state index in [4.69, 9.17) is 0 Å². The molecule has 200 valence electrons. The molecule has 0 spiro atoms. The molecule has 40 heavy (non-hydrogen) atoms. The zero-order valence-corrected chi connectivity index (χ0v) is 23.3. The van der Waals surface area contributed by atoms with Gasteiger partial charge in [0.1, 0.15) is 17.0 Å². The third-order valence-corrected chi connectivity index (χ3v) is 7.23. The maximum absolute atomic E-state index is 12.3. The SMILES string of the molecule is CN(C)CC#Cc1c(-c2ccccc2)sc2ncnc(NCCc3ccc(NC(=O)Nc4ccccc4)cc3)c12. The predicted molar refractivity (Wildman–Crippen MR) is 166 cm³/mol. The fourth-order valence-electron chi connectivity index (χ4n) is 4.16. The molecule has 2 heterocycles. The molecule has 8 heteroatoms. The number of carbonyl (C=O) groups excluding carboxylic acids is 1. The molecule has 5 rings (SSSR count). The van der Waals surface area contributed by atoms with Crippen LogP contribution in [0.3, 0.4) is 0 Å². The van der Waals surface area contributed by atoms with Crippen molar-refractivity contribution in [1.29, 1.82) is 0 Å². The number of fused-ring (bicyclic) bond motifs is 1. The van der Waals surface area contributed by atoms with E-state index < -0.39 is 0 Å². The van der Waals surface area contributed by atoms with E-state index in [-0.39, 0.29) is 6.03 Å². The van der Waals surface area contributed by atoms with Gasteiger partial charge < -0.3 is 16.0 Å². The first-order chi connectivity index (χ1) is 19.6. The molecule has 0 aliphatic carbocycles. The van der Waals surface area contributed by atoms with Gasteiger partial charge in [0.15, 0.2) is 0 Å². The van der Waals surface area contributed by atoms with Gasteiger partial charge in [0, 0.05) is 17.9 Å². The molecule has 0 aliphatic rings. The summed E-state index contributed by atoms with van der Waals surface area (Å²) in [4.78, 5) is 25.5. The van der Waals surface area contributed by atoms with Crippen LogP contribution in [0, 0.1) is 11.8 Å². The van der Waals surface area contributed by atoms with Gasteiger partial charge in [0.05, 0.1) is 22.4 Å². The Kier molecular flexibility index (Phi) is 8.66. The van der Waals surface area contributed by atoms with Crippen molar-refractivity contribution >= 4 is 44.8 Å². The molecule has 7 nitrogen and oxygen atoms in total. The number of carbonyl (C=O) groups is 1. The van der Waals surface area contributed by atoms with E-state index in [2.05, 4.69) is 54.8 Å². The summed E-state index contributed by atoms with van der Waals surface area (Å²) in [5.74, 6) is 7.49. The lowest BCUT2D eigenvalue weighted by molar-refractivity contribution is 0.262. The minimum absolute atomic E-state index is 0.275. The van der Waals surface area contributed by atoms with Gasteiger partial charge in [-0.2, -0.15) is 0 Å². The lowest BCUT2D eigenvalue weighted by atomic mass is 10.1. The molecule has 0 saturated carbocycles. The van der Waals surface area contributed by atoms with Gasteiger partial charge in [-0.05, 0) is 55.9 Å². The lowest BCUT2D eigenvalue weighted by Crippen LogP contribution is -2.19. The number of nitrogens with one attached hydrogen (secondary N) is 3. The maximum Gasteiger partial charge on any atom is 0.323 e. The van der Waals surface area contributed by atoms with Gasteiger partial charge in [0.25, 0.3) is 0 Å². The van der Waals surface area contributed by atoms with Crippen LogP contribution < -0.4 is 16.0 Å². The molecule has 2 aromatic heterocycles. The van der Waals surface area contributed by atoms with E-state index in [1.807, 2.05) is 86.9 Å². The maximum atomic E-state index is 12.3. The normalized spacial score (nSPS) is 10.7. The highest BCUT2D eigenvalue weighted by molar-refractivity contribution is 7.22. The Bertz CT molecular complexity index is 1640. The van der Waals surface area contributed by atoms with Crippen molar-refractivity contribution in [2.45, 2.75) is 6.42 Å². The molecular weight excluding hydrogens is 516 g/mol. The average Bonchev–Trinajstić information content (AvgIpc) is 3.34. The quantitative estimate of drug-likeness (QED) is 0.192. The van der Waals surface area contributed by atoms with Gasteiger partial charge in [-0.3, -0.25) is 4.90 Å². The monoisotopic (exact) mass is 546 g/mol. The molecule has 3 N–H and O–H groups in total. The molecule has 0 saturated heterocycles. The zero-order valence-electron chi connectivity index (χ0n) is 22.4. The number of rotatable bonds is 8. The van der Waals surface area contributed by atoms with E-state index >= 15 is 0 Å². The van der Waals surface area contributed by atoms with Crippen LogP contribution in [0.1, 0.15) is 11.1 Å². The van der Waals surface area contributed by atoms with Crippen molar-refractivity contribution in [2.75, 3.05) is 43.1 Å². The number of anilines is 3. The molecule has 0 unspecified atom stereocenters. The minimum atomic E-state index is -0.275. The first-order valence-electron chi connectivity index (χ1n) is 13.0. The van der Waals surface area contributed by atoms with Gasteiger partial charge in [-0.15, -0.1) is 11.3 Å². The highest BCUT2D eigenvalue weighted by Crippen LogP contribution is 2.39. The number of aromatic nitrogens is 2. The Morgan fingerprint density at radius 2 is 1.55 bits per heavy atom. The smallest absolute Gasteiger partial charge is 0.323 e. The van der Waals surface area contributed by atoms with Crippen molar-refractivity contribution in [3.05, 3.63) is 102 Å². The van der Waals surface area contributed by atoms with Crippen molar-refractivity contribution in [3.8, 4) is 22.3 Å². The molecule has 0 fully saturated rings. The molecule has 0 atom stereocenters. The fourth-order valence-corrected chi connectivity index (χ4v) is 5.26. The Morgan fingerprint density at radius 1 is 0.875 bits per heavy atom. The third-order valence-electron chi connectivity index (χ3n) is 6.08. The first-order valence-corrected chi connectivity index (χ1v) is 13.8. The highest BCUT2D eigenvalue weighted by atomic mass is 32.1. The van der Waals surface area contributed by atoms with Gasteiger partial charge >= 0.3 is 6.03 Å². The van der Waals surface area contributed by atoms with Crippen molar-refractivity contribution in [1.82, 2.24) is 14.9 Å². The van der Waals surface area contributed by atoms with E-state index in [9.17, 15) is 4.79 Å². The van der Waals surface area contributed by atoms with Gasteiger partial charge in [-0.25, -0.2) is 14.8 Å². The topological polar surface area (TPSA) is 82.2 Å². The number of hydrogen-bond donors (Lipinski definition) is 3. The molecule has 2 amide bonds. The first kappa shape index (κ1) is 26.9. The van der Waals surface area contributed by atoms with Crippen LogP contribution in [-0.2, 0) is 6.42 Å². The van der Waals surface area contributed by atoms with Crippen molar-refractivity contribution < 1.29 is 4.79 Å². The lowest BCUT2D eigenvalue weighted by Gasteiger charge is -2.10. The summed E-state index contributed by atoms with van der Waals surface area (Å²) in [5, 5.41) is 10.2. The van der Waals surface area contributed by atoms with E-state index in [1.165, 1.54) is 0 Å². The van der Waals surface area contributed by atoms with Crippen LogP contribution >= 0.6 is 11.3 Å². The largest absolute Gasteiger partial charge is 0.369 e. The minimum Gasteiger partial charge on any atom is -0.369 e. The second kappa shape index (κ2) is 12.9. The van der Waals surface area contributed by atoms with Crippen molar-refractivity contribution in [3.63, 3.8) is 0 Å². The van der Waals surface area contributed by atoms with Crippen LogP contribution in [0.5, 0.6) is 0 Å². The summed E-state index contributed by atoms with van der Waals surface area (Å²) in [6, 6.07) is 27.2. The number of nitrogens with zero attached hydrogens (tertiary/aromatic N) is 3. The molecule has 3 aromatic carbocycles. The average molecular weight is 547 g/mol. The van der Waals surface area contributed by atoms with Gasteiger partial charge in [-0.1, -0.05) is 72.5 Å². The molecule has 0 radical (unpaired) electrons. The second-order valence-electron chi connectivity index (χ2n) is 9.43. The standard InChI is InChI=1S/C32H30N6OS/c1-38(2)21-9-14-27-28-30(34-22-35-31(28)40-29(27)24-10-5-3-6-11-24)33-20-19-23-15-17-26(18-16-23)37-32(39)36-25-12-7-4-8-13-25/h3-8,10-13,15-18,22H,19-21H2,1-2H3,(H,33,34,35)(H2,36,37,39). The van der Waals surface area contributed by atoms with Crippen LogP contribution in [-0.4, -0.2) is 48.1 Å². The second-order valence-corrected chi connectivity index (χ2v) is 10.4. The number of amides is 2. The Balaban J connectivity index is 1.28. The van der Waals surface area contributed by atoms with E-state index in [1.54, 1.807) is 17.7 Å². The van der Waals surface area contributed by atoms with Gasteiger partial charge in [0.2, 0.25) is 0 Å². The predicted octanol–water partition coefficient (Wildman–Crippen LogP) is 6.57. The summed E-state index contributed by atoms with van der Waals surface area (Å²) >= 11 is 1.64. The Morgan fingerprint density at radius 3 is 2.25 bits per heavy atom. The van der Waals surface area contributed by atoms with Crippen LogP contribution in [0.25, 0.3) is 20.7 Å². The number of hydrogen-bond acceptors (Lipinski definition) is 6. The molecule has 0 aliphatic heterocycles. The number of benzene rings is 3. The van der Waals surface area contributed by atoms with Crippen LogP contribution in [0.15, 0.2) is 91.3 Å². The van der Waals surface area contributed by atoms with E-state index in [0.717, 1.165) is 55.4 Å². The molecule has 5 aromatic rings. The van der Waals surface area contributed by atoms with E-state index in [0.29, 0.717) is 13.1 Å². The summed E-state index contributed by atoms with van der Waals surface area (Å²) in [7, 11) is 4.02. The summed E-state index contributed by atoms with van der Waals surface area (Å²) in [6.07, 6.45) is 2.40. The number of para-hydroxylation sites is 1. The highest BCUT2D eigenvalue weighted by Gasteiger charge is 2.17. The Labute approximate surface area is 238 Å². The third kappa shape index (κ3) is 6.83. The van der Waals surface area contributed by atoms with Crippen LogP contribution in [0.4, 0.5) is 22.0 Å². The van der Waals surface area contributed by atoms with Crippen LogP contribution in [0.2, 0.25) is 0 Å².